The fourth-order valence-electron chi connectivity index (χ4n) is 2.44. The van der Waals surface area contributed by atoms with E-state index in [1.54, 1.807) is 18.2 Å². The molecular formula is C18H15N5O3. The summed E-state index contributed by atoms with van der Waals surface area (Å²) in [5, 5.41) is 13.3. The third-order valence-corrected chi connectivity index (χ3v) is 3.73. The highest BCUT2D eigenvalue weighted by Gasteiger charge is 2.07. The number of aromatic nitrogens is 3. The van der Waals surface area contributed by atoms with Gasteiger partial charge in [-0.1, -0.05) is 24.3 Å². The molecule has 8 heteroatoms. The molecule has 130 valence electrons. The van der Waals surface area contributed by atoms with Crippen molar-refractivity contribution >= 4 is 34.1 Å². The smallest absolute Gasteiger partial charge is 0.295 e. The molecule has 2 aromatic carbocycles. The van der Waals surface area contributed by atoms with E-state index >= 15 is 0 Å². The van der Waals surface area contributed by atoms with E-state index < -0.39 is 0 Å². The Bertz CT molecular complexity index is 1050. The van der Waals surface area contributed by atoms with Crippen LogP contribution in [0.5, 0.6) is 0 Å². The van der Waals surface area contributed by atoms with Crippen LogP contribution in [-0.2, 0) is 0 Å². The van der Waals surface area contributed by atoms with Gasteiger partial charge in [0.1, 0.15) is 16.6 Å². The highest BCUT2D eigenvalue weighted by atomic mass is 16.6. The maximum Gasteiger partial charge on any atom is 0.295 e. The second kappa shape index (κ2) is 7.06. The van der Waals surface area contributed by atoms with Gasteiger partial charge >= 0.3 is 0 Å². The van der Waals surface area contributed by atoms with Gasteiger partial charge in [0, 0.05) is 18.7 Å². The molecule has 0 bridgehead atoms. The number of hydrogen-bond donors (Lipinski definition) is 2. The highest BCUT2D eigenvalue weighted by molar-refractivity contribution is 5.97. The number of para-hydroxylation sites is 2. The van der Waals surface area contributed by atoms with Crippen LogP contribution in [0.4, 0.5) is 6.01 Å². The number of fused-ring (bicyclic) bond motifs is 2. The highest BCUT2D eigenvalue weighted by Crippen LogP contribution is 2.17. The van der Waals surface area contributed by atoms with Gasteiger partial charge in [0.25, 0.3) is 11.9 Å². The number of anilines is 1. The second-order valence-corrected chi connectivity index (χ2v) is 5.52. The van der Waals surface area contributed by atoms with Crippen molar-refractivity contribution in [2.24, 2.45) is 0 Å². The van der Waals surface area contributed by atoms with E-state index in [1.807, 2.05) is 36.4 Å². The van der Waals surface area contributed by atoms with Crippen molar-refractivity contribution in [1.29, 1.82) is 0 Å². The van der Waals surface area contributed by atoms with Gasteiger partial charge < -0.3 is 15.1 Å². The summed E-state index contributed by atoms with van der Waals surface area (Å²) in [6, 6.07) is 13.0. The zero-order valence-corrected chi connectivity index (χ0v) is 13.7. The van der Waals surface area contributed by atoms with Crippen molar-refractivity contribution in [2.45, 2.75) is 0 Å². The first-order valence-corrected chi connectivity index (χ1v) is 8.04. The quantitative estimate of drug-likeness (QED) is 0.516. The zero-order valence-electron chi connectivity index (χ0n) is 13.7. The number of rotatable bonds is 6. The van der Waals surface area contributed by atoms with Crippen molar-refractivity contribution in [3.8, 4) is 0 Å². The Balaban J connectivity index is 1.25. The minimum absolute atomic E-state index is 0.188. The monoisotopic (exact) mass is 349 g/mol. The van der Waals surface area contributed by atoms with Crippen LogP contribution in [-0.4, -0.2) is 34.3 Å². The Morgan fingerprint density at radius 1 is 1.00 bits per heavy atom. The van der Waals surface area contributed by atoms with Crippen molar-refractivity contribution in [2.75, 3.05) is 18.4 Å². The molecule has 0 aliphatic heterocycles. The van der Waals surface area contributed by atoms with Crippen LogP contribution in [0.3, 0.4) is 0 Å². The molecular weight excluding hydrogens is 334 g/mol. The fraction of sp³-hybridized carbons (Fsp3) is 0.111. The molecule has 0 aliphatic carbocycles. The number of nitrogens with zero attached hydrogens (tertiary/aromatic N) is 3. The standard InChI is InChI=1S/C18H15N5O3/c24-17(12-7-8-13-15(11-12)23-26-22-13)19-9-3-4-10-20-18-21-14-5-1-2-6-16(14)25-18/h1-8,11H,9-10H2,(H,19,24)(H,20,21)/b4-3+. The summed E-state index contributed by atoms with van der Waals surface area (Å²) in [7, 11) is 0. The second-order valence-electron chi connectivity index (χ2n) is 5.52. The number of carbonyl (C=O) groups excluding carboxylic acids is 1. The summed E-state index contributed by atoms with van der Waals surface area (Å²) in [6.07, 6.45) is 3.74. The molecule has 0 saturated heterocycles. The lowest BCUT2D eigenvalue weighted by molar-refractivity contribution is 0.0958. The average molecular weight is 349 g/mol. The van der Waals surface area contributed by atoms with E-state index in [1.165, 1.54) is 0 Å². The molecule has 0 atom stereocenters. The maximum atomic E-state index is 12.1. The van der Waals surface area contributed by atoms with E-state index in [2.05, 4.69) is 30.6 Å². The van der Waals surface area contributed by atoms with Gasteiger partial charge in [-0.3, -0.25) is 4.79 Å². The topological polar surface area (TPSA) is 106 Å². The van der Waals surface area contributed by atoms with Gasteiger partial charge in [-0.05, 0) is 40.6 Å². The molecule has 2 aromatic heterocycles. The van der Waals surface area contributed by atoms with Gasteiger partial charge in [-0.25, -0.2) is 4.63 Å². The van der Waals surface area contributed by atoms with Crippen LogP contribution in [0.2, 0.25) is 0 Å². The van der Waals surface area contributed by atoms with E-state index in [-0.39, 0.29) is 5.91 Å². The van der Waals surface area contributed by atoms with E-state index in [9.17, 15) is 4.79 Å². The maximum absolute atomic E-state index is 12.1. The molecule has 2 N–H and O–H groups in total. The van der Waals surface area contributed by atoms with Crippen molar-refractivity contribution in [1.82, 2.24) is 20.6 Å². The van der Waals surface area contributed by atoms with Crippen LogP contribution < -0.4 is 10.6 Å². The number of carbonyl (C=O) groups is 1. The first-order valence-electron chi connectivity index (χ1n) is 8.04. The first kappa shape index (κ1) is 15.8. The third kappa shape index (κ3) is 3.39. The van der Waals surface area contributed by atoms with E-state index in [4.69, 9.17) is 4.42 Å². The summed E-state index contributed by atoms with van der Waals surface area (Å²) in [6.45, 7) is 0.947. The number of amides is 1. The fourth-order valence-corrected chi connectivity index (χ4v) is 2.44. The molecule has 26 heavy (non-hydrogen) atoms. The van der Waals surface area contributed by atoms with Gasteiger partial charge in [-0.15, -0.1) is 0 Å². The summed E-state index contributed by atoms with van der Waals surface area (Å²) in [5.41, 5.74) is 3.23. The van der Waals surface area contributed by atoms with E-state index in [0.29, 0.717) is 35.7 Å². The molecule has 0 spiro atoms. The third-order valence-electron chi connectivity index (χ3n) is 3.73. The predicted molar refractivity (Wildman–Crippen MR) is 95.8 cm³/mol. The van der Waals surface area contributed by atoms with Crippen LogP contribution in [0.15, 0.2) is 63.7 Å². The van der Waals surface area contributed by atoms with E-state index in [0.717, 1.165) is 11.1 Å². The Morgan fingerprint density at radius 3 is 2.77 bits per heavy atom. The normalized spacial score (nSPS) is 11.4. The summed E-state index contributed by atoms with van der Waals surface area (Å²) < 4.78 is 10.2. The van der Waals surface area contributed by atoms with Crippen LogP contribution in [0.1, 0.15) is 10.4 Å². The minimum Gasteiger partial charge on any atom is -0.424 e. The number of benzene rings is 2. The largest absolute Gasteiger partial charge is 0.424 e. The minimum atomic E-state index is -0.188. The Kier molecular flexibility index (Phi) is 4.29. The van der Waals surface area contributed by atoms with Crippen LogP contribution in [0, 0.1) is 0 Å². The first-order chi connectivity index (χ1) is 12.8. The lowest BCUT2D eigenvalue weighted by Crippen LogP contribution is -2.23. The molecule has 1 amide bonds. The molecule has 0 fully saturated rings. The SMILES string of the molecule is O=C(NC/C=C/CNc1nc2ccccc2o1)c1ccc2nonc2c1. The molecule has 4 aromatic rings. The summed E-state index contributed by atoms with van der Waals surface area (Å²) >= 11 is 0. The lowest BCUT2D eigenvalue weighted by atomic mass is 10.2. The Morgan fingerprint density at radius 2 is 1.85 bits per heavy atom. The van der Waals surface area contributed by atoms with Crippen molar-refractivity contribution in [3.63, 3.8) is 0 Å². The van der Waals surface area contributed by atoms with Crippen molar-refractivity contribution in [3.05, 3.63) is 60.2 Å². The Labute approximate surface area is 147 Å². The summed E-state index contributed by atoms with van der Waals surface area (Å²) in [5.74, 6) is -0.188. The van der Waals surface area contributed by atoms with Gasteiger partial charge in [0.2, 0.25) is 0 Å². The molecule has 0 saturated carbocycles. The van der Waals surface area contributed by atoms with Gasteiger partial charge in [-0.2, -0.15) is 4.98 Å². The number of hydrogen-bond acceptors (Lipinski definition) is 7. The summed E-state index contributed by atoms with van der Waals surface area (Å²) in [4.78, 5) is 16.4. The predicted octanol–water partition coefficient (Wildman–Crippen LogP) is 2.76. The average Bonchev–Trinajstić information content (AvgIpc) is 3.29. The molecule has 2 heterocycles. The number of oxazole rings is 1. The van der Waals surface area contributed by atoms with Gasteiger partial charge in [0.15, 0.2) is 5.58 Å². The lowest BCUT2D eigenvalue weighted by Gasteiger charge is -2.01. The van der Waals surface area contributed by atoms with Crippen molar-refractivity contribution < 1.29 is 13.8 Å². The van der Waals surface area contributed by atoms with Crippen LogP contribution in [0.25, 0.3) is 22.1 Å². The number of nitrogens with one attached hydrogen (secondary N) is 2. The zero-order chi connectivity index (χ0) is 17.8. The Hall–Kier alpha value is -3.68. The van der Waals surface area contributed by atoms with Gasteiger partial charge in [0.05, 0.1) is 0 Å². The van der Waals surface area contributed by atoms with Crippen LogP contribution >= 0.6 is 0 Å². The molecule has 0 unspecified atom stereocenters. The molecule has 8 nitrogen and oxygen atoms in total. The molecule has 0 radical (unpaired) electrons. The molecule has 0 aliphatic rings. The molecule has 4 rings (SSSR count).